The predicted octanol–water partition coefficient (Wildman–Crippen LogP) is 7.54. The van der Waals surface area contributed by atoms with Crippen LogP contribution in [0.1, 0.15) is 106 Å². The zero-order chi connectivity index (χ0) is 27.2. The fraction of sp³-hybridized carbons (Fsp3) is 0.758. The van der Waals surface area contributed by atoms with Gasteiger partial charge in [-0.3, -0.25) is 9.59 Å². The van der Waals surface area contributed by atoms with Gasteiger partial charge in [-0.1, -0.05) is 60.1 Å². The lowest BCUT2D eigenvalue weighted by Crippen LogP contribution is -2.65. The van der Waals surface area contributed by atoms with E-state index >= 15 is 0 Å². The van der Waals surface area contributed by atoms with E-state index in [-0.39, 0.29) is 62.6 Å². The number of hydrogen-bond acceptors (Lipinski definition) is 3. The maximum Gasteiger partial charge on any atom is 0.226 e. The predicted molar refractivity (Wildman–Crippen MR) is 145 cm³/mol. The third-order valence-corrected chi connectivity index (χ3v) is 12.5. The first-order valence-electron chi connectivity index (χ1n) is 14.7. The SMILES string of the molecule is [C-]#[N+]C1=C[C@]2(C)C3=CC(=O)[C@@H]4[C@@H]5CC(C)(C)CC[C@]5(C(=O)CCC)CC[C@@]4(C)[C@]3(C)CC[C@H]2[C@H](C)C1=O. The zero-order valence-electron chi connectivity index (χ0n) is 24.0. The minimum Gasteiger partial charge on any atom is -0.308 e. The number of hydrogen-bond donors (Lipinski definition) is 0. The lowest BCUT2D eigenvalue weighted by atomic mass is 9.34. The monoisotopic (exact) mass is 503 g/mol. The van der Waals surface area contributed by atoms with Gasteiger partial charge in [-0.2, -0.15) is 0 Å². The molecule has 0 saturated heterocycles. The molecule has 37 heavy (non-hydrogen) atoms. The molecule has 4 nitrogen and oxygen atoms in total. The van der Waals surface area contributed by atoms with Gasteiger partial charge >= 0.3 is 0 Å². The molecule has 0 unspecified atom stereocenters. The van der Waals surface area contributed by atoms with Crippen LogP contribution in [0, 0.1) is 57.3 Å². The van der Waals surface area contributed by atoms with Gasteiger partial charge in [-0.15, -0.1) is 0 Å². The number of Topliss-reactive ketones (excluding diaryl/α,β-unsaturated/α-hetero) is 2. The number of fused-ring (bicyclic) bond motifs is 7. The van der Waals surface area contributed by atoms with Crippen molar-refractivity contribution >= 4 is 17.3 Å². The molecule has 3 fully saturated rings. The normalized spacial score (nSPS) is 46.3. The van der Waals surface area contributed by atoms with Crippen molar-refractivity contribution in [2.24, 2.45) is 50.7 Å². The largest absolute Gasteiger partial charge is 0.308 e. The van der Waals surface area contributed by atoms with E-state index in [4.69, 9.17) is 6.57 Å². The molecule has 200 valence electrons. The van der Waals surface area contributed by atoms with E-state index < -0.39 is 5.41 Å². The summed E-state index contributed by atoms with van der Waals surface area (Å²) in [7, 11) is 0. The average molecular weight is 504 g/mol. The summed E-state index contributed by atoms with van der Waals surface area (Å²) >= 11 is 0. The van der Waals surface area contributed by atoms with Crippen LogP contribution < -0.4 is 0 Å². The molecular formula is C33H45NO3. The molecule has 5 aliphatic rings. The molecule has 0 amide bonds. The number of rotatable bonds is 3. The van der Waals surface area contributed by atoms with Crippen molar-refractivity contribution in [2.75, 3.05) is 0 Å². The Balaban J connectivity index is 1.68. The Hall–Kier alpha value is -2.02. The van der Waals surface area contributed by atoms with Gasteiger partial charge in [-0.05, 0) is 85.5 Å². The smallest absolute Gasteiger partial charge is 0.226 e. The standard InChI is InChI=1S/C33H45NO3/c1-9-10-26(36)33-15-13-29(3,4)18-22(33)27-24(35)17-25-30(5)19-23(34-8)28(37)20(2)21(30)11-12-31(25,6)32(27,7)14-16-33/h17,19-22,27H,9-16,18H2,1-7H3/t20-,21-,22-,27-,30-,31+,32+,33-/m0/s1. The van der Waals surface area contributed by atoms with E-state index in [0.29, 0.717) is 12.2 Å². The fourth-order valence-corrected chi connectivity index (χ4v) is 10.2. The van der Waals surface area contributed by atoms with Crippen LogP contribution in [0.2, 0.25) is 0 Å². The summed E-state index contributed by atoms with van der Waals surface area (Å²) < 4.78 is 0. The average Bonchev–Trinajstić information content (AvgIpc) is 2.82. The van der Waals surface area contributed by atoms with Gasteiger partial charge in [0.15, 0.2) is 11.6 Å². The van der Waals surface area contributed by atoms with Crippen molar-refractivity contribution in [3.05, 3.63) is 34.8 Å². The first-order valence-corrected chi connectivity index (χ1v) is 14.7. The Morgan fingerprint density at radius 2 is 1.70 bits per heavy atom. The molecule has 0 bridgehead atoms. The van der Waals surface area contributed by atoms with Gasteiger partial charge < -0.3 is 4.79 Å². The Labute approximate surface area is 223 Å². The second kappa shape index (κ2) is 8.24. The topological polar surface area (TPSA) is 55.6 Å². The lowest BCUT2D eigenvalue weighted by Gasteiger charge is -2.68. The van der Waals surface area contributed by atoms with E-state index in [2.05, 4.69) is 46.4 Å². The maximum atomic E-state index is 14.4. The molecular weight excluding hydrogens is 458 g/mol. The van der Waals surface area contributed by atoms with Gasteiger partial charge in [0, 0.05) is 29.1 Å². The van der Waals surface area contributed by atoms with Crippen LogP contribution in [-0.4, -0.2) is 17.3 Å². The molecule has 5 aliphatic carbocycles. The molecule has 4 heteroatoms. The molecule has 5 rings (SSSR count). The van der Waals surface area contributed by atoms with Crippen LogP contribution in [0.25, 0.3) is 4.85 Å². The van der Waals surface area contributed by atoms with E-state index in [0.717, 1.165) is 56.9 Å². The second-order valence-corrected chi connectivity index (χ2v) is 14.7. The number of carbonyl (C=O) groups excluding carboxylic acids is 3. The number of carbonyl (C=O) groups is 3. The first kappa shape index (κ1) is 26.6. The minimum atomic E-state index is -0.470. The van der Waals surface area contributed by atoms with E-state index in [9.17, 15) is 14.4 Å². The Bertz CT molecular complexity index is 1170. The molecule has 8 atom stereocenters. The van der Waals surface area contributed by atoms with Crippen LogP contribution in [-0.2, 0) is 14.4 Å². The molecule has 0 radical (unpaired) electrons. The maximum absolute atomic E-state index is 14.4. The van der Waals surface area contributed by atoms with Crippen LogP contribution in [0.5, 0.6) is 0 Å². The van der Waals surface area contributed by atoms with Gasteiger partial charge in [0.1, 0.15) is 5.78 Å². The van der Waals surface area contributed by atoms with E-state index in [1.807, 2.05) is 19.1 Å². The Morgan fingerprint density at radius 1 is 1.03 bits per heavy atom. The molecule has 0 N–H and O–H groups in total. The highest BCUT2D eigenvalue weighted by atomic mass is 16.1. The number of nitrogens with zero attached hydrogens (tertiary/aromatic N) is 1. The zero-order valence-corrected chi connectivity index (χ0v) is 24.0. The van der Waals surface area contributed by atoms with Gasteiger partial charge in [0.05, 0.1) is 6.57 Å². The molecule has 0 aliphatic heterocycles. The van der Waals surface area contributed by atoms with E-state index in [1.54, 1.807) is 0 Å². The summed E-state index contributed by atoms with van der Waals surface area (Å²) in [5.41, 5.74) is 0.218. The summed E-state index contributed by atoms with van der Waals surface area (Å²) in [6.45, 7) is 23.2. The summed E-state index contributed by atoms with van der Waals surface area (Å²) in [5, 5.41) is 0. The van der Waals surface area contributed by atoms with Crippen molar-refractivity contribution in [1.29, 1.82) is 0 Å². The highest BCUT2D eigenvalue weighted by Crippen LogP contribution is 2.74. The Morgan fingerprint density at radius 3 is 2.35 bits per heavy atom. The first-order chi connectivity index (χ1) is 17.2. The second-order valence-electron chi connectivity index (χ2n) is 14.7. The minimum absolute atomic E-state index is 0.0470. The van der Waals surface area contributed by atoms with Crippen molar-refractivity contribution in [3.8, 4) is 0 Å². The Kier molecular flexibility index (Phi) is 5.92. The number of allylic oxidation sites excluding steroid dienone is 4. The van der Waals surface area contributed by atoms with Crippen LogP contribution in [0.15, 0.2) is 23.4 Å². The van der Waals surface area contributed by atoms with Crippen molar-refractivity contribution in [3.63, 3.8) is 0 Å². The third-order valence-electron chi connectivity index (χ3n) is 12.5. The van der Waals surface area contributed by atoms with Crippen molar-refractivity contribution in [2.45, 2.75) is 106 Å². The molecule has 0 aromatic rings. The van der Waals surface area contributed by atoms with Crippen molar-refractivity contribution < 1.29 is 14.4 Å². The molecule has 0 heterocycles. The van der Waals surface area contributed by atoms with Crippen LogP contribution >= 0.6 is 0 Å². The molecule has 0 aromatic heterocycles. The number of ketones is 3. The molecule has 0 spiro atoms. The van der Waals surface area contributed by atoms with E-state index in [1.165, 1.54) is 0 Å². The highest BCUT2D eigenvalue weighted by molar-refractivity contribution is 6.01. The van der Waals surface area contributed by atoms with Crippen molar-refractivity contribution in [1.82, 2.24) is 0 Å². The summed E-state index contributed by atoms with van der Waals surface area (Å²) in [6, 6.07) is 0. The summed E-state index contributed by atoms with van der Waals surface area (Å²) in [6.07, 6.45) is 11.9. The van der Waals surface area contributed by atoms with Gasteiger partial charge in [0.25, 0.3) is 0 Å². The quantitative estimate of drug-likeness (QED) is 0.374. The van der Waals surface area contributed by atoms with Crippen LogP contribution in [0.4, 0.5) is 0 Å². The fourth-order valence-electron chi connectivity index (χ4n) is 10.2. The lowest BCUT2D eigenvalue weighted by molar-refractivity contribution is -0.176. The van der Waals surface area contributed by atoms with Crippen LogP contribution in [0.3, 0.4) is 0 Å². The molecule has 3 saturated carbocycles. The van der Waals surface area contributed by atoms with Gasteiger partial charge in [0.2, 0.25) is 5.70 Å². The molecule has 0 aromatic carbocycles. The highest BCUT2D eigenvalue weighted by Gasteiger charge is 2.69. The summed E-state index contributed by atoms with van der Waals surface area (Å²) in [5.74, 6) is 0.371. The third kappa shape index (κ3) is 3.34. The summed E-state index contributed by atoms with van der Waals surface area (Å²) in [4.78, 5) is 44.7. The van der Waals surface area contributed by atoms with Gasteiger partial charge in [-0.25, -0.2) is 4.85 Å².